The number of thioether (sulfide) groups is 2. The summed E-state index contributed by atoms with van der Waals surface area (Å²) in [7, 11) is 1.23. The van der Waals surface area contributed by atoms with Crippen LogP contribution in [-0.4, -0.2) is 69.3 Å². The van der Waals surface area contributed by atoms with E-state index in [1.807, 2.05) is 0 Å². The summed E-state index contributed by atoms with van der Waals surface area (Å²) in [5.41, 5.74) is 0. The fourth-order valence-corrected chi connectivity index (χ4v) is 5.99. The minimum atomic E-state index is -0.994. The number of likely N-dealkylation sites (tertiary alicyclic amines) is 1. The predicted octanol–water partition coefficient (Wildman–Crippen LogP) is 0.983. The molecule has 0 aromatic carbocycles. The molecule has 1 spiro atoms. The third kappa shape index (κ3) is 3.45. The van der Waals surface area contributed by atoms with E-state index in [-0.39, 0.29) is 9.99 Å². The largest absolute Gasteiger partial charge is 0.480 e. The first-order chi connectivity index (χ1) is 10.4. The Morgan fingerprint density at radius 3 is 2.55 bits per heavy atom. The second kappa shape index (κ2) is 6.99. The molecule has 0 aromatic heterocycles. The van der Waals surface area contributed by atoms with Gasteiger partial charge in [0, 0.05) is 24.5 Å². The van der Waals surface area contributed by atoms with Crippen LogP contribution in [0.25, 0.3) is 0 Å². The van der Waals surface area contributed by atoms with Gasteiger partial charge in [-0.2, -0.15) is 0 Å². The molecule has 2 amide bonds. The molecular formula is C13H20N2O5S2. The Labute approximate surface area is 137 Å². The van der Waals surface area contributed by atoms with Crippen LogP contribution in [0, 0.1) is 0 Å². The van der Waals surface area contributed by atoms with Gasteiger partial charge in [-0.3, -0.25) is 4.79 Å². The van der Waals surface area contributed by atoms with E-state index in [0.29, 0.717) is 19.4 Å². The number of alkyl carbamates (subject to hydrolysis) is 1. The van der Waals surface area contributed by atoms with Crippen LogP contribution < -0.4 is 5.32 Å². The smallest absolute Gasteiger partial charge is 0.407 e. The summed E-state index contributed by atoms with van der Waals surface area (Å²) in [6.07, 6.45) is 0.132. The first-order valence-electron chi connectivity index (χ1n) is 7.08. The molecule has 0 saturated carbocycles. The van der Waals surface area contributed by atoms with E-state index in [1.54, 1.807) is 30.4 Å². The van der Waals surface area contributed by atoms with Gasteiger partial charge >= 0.3 is 12.1 Å². The number of aliphatic carboxylic acids is 1. The lowest BCUT2D eigenvalue weighted by atomic mass is 10.1. The SMILES string of the molecule is CC[C@H](NC(=O)OC)C(=O)N1CC2(C[C@H]1C(=O)O)SCCS2. The topological polar surface area (TPSA) is 95.9 Å². The minimum absolute atomic E-state index is 0.220. The molecule has 2 aliphatic heterocycles. The number of hydrogen-bond acceptors (Lipinski definition) is 6. The lowest BCUT2D eigenvalue weighted by Gasteiger charge is -2.27. The third-order valence-corrected chi connectivity index (χ3v) is 7.28. The standard InChI is InChI=1S/C13H20N2O5S2/c1-3-8(14-12(19)20-2)10(16)15-7-13(21-4-5-22-13)6-9(15)11(17)18/h8-9H,3-7H2,1-2H3,(H,14,19)(H,17,18)/t8-,9-/m0/s1. The van der Waals surface area contributed by atoms with E-state index in [0.717, 1.165) is 11.5 Å². The van der Waals surface area contributed by atoms with Gasteiger partial charge in [0.2, 0.25) is 5.91 Å². The maximum atomic E-state index is 12.7. The number of methoxy groups -OCH3 is 1. The van der Waals surface area contributed by atoms with Crippen molar-refractivity contribution in [2.24, 2.45) is 0 Å². The van der Waals surface area contributed by atoms with E-state index >= 15 is 0 Å². The van der Waals surface area contributed by atoms with E-state index in [2.05, 4.69) is 10.1 Å². The maximum Gasteiger partial charge on any atom is 0.407 e. The predicted molar refractivity (Wildman–Crippen MR) is 85.0 cm³/mol. The fraction of sp³-hybridized carbons (Fsp3) is 0.769. The van der Waals surface area contributed by atoms with Crippen LogP contribution in [0.2, 0.25) is 0 Å². The molecule has 124 valence electrons. The van der Waals surface area contributed by atoms with Crippen molar-refractivity contribution in [1.82, 2.24) is 10.2 Å². The second-order valence-electron chi connectivity index (χ2n) is 5.23. The van der Waals surface area contributed by atoms with Crippen LogP contribution in [-0.2, 0) is 14.3 Å². The van der Waals surface area contributed by atoms with Gasteiger partial charge in [0.25, 0.3) is 0 Å². The van der Waals surface area contributed by atoms with Crippen molar-refractivity contribution in [1.29, 1.82) is 0 Å². The summed E-state index contributed by atoms with van der Waals surface area (Å²) in [6, 6.07) is -1.60. The average Bonchev–Trinajstić information content (AvgIpc) is 3.11. The zero-order chi connectivity index (χ0) is 16.3. The van der Waals surface area contributed by atoms with Crippen molar-refractivity contribution in [3.63, 3.8) is 0 Å². The summed E-state index contributed by atoms with van der Waals surface area (Å²) in [4.78, 5) is 36.9. The molecule has 2 rings (SSSR count). The molecular weight excluding hydrogens is 328 g/mol. The van der Waals surface area contributed by atoms with Crippen molar-refractivity contribution in [2.75, 3.05) is 25.2 Å². The Kier molecular flexibility index (Phi) is 5.49. The molecule has 2 aliphatic rings. The van der Waals surface area contributed by atoms with Crippen LogP contribution >= 0.6 is 23.5 Å². The Balaban J connectivity index is 2.14. The number of carbonyl (C=O) groups is 3. The summed E-state index contributed by atoms with van der Waals surface area (Å²) in [5.74, 6) is 0.587. The van der Waals surface area contributed by atoms with Gasteiger partial charge in [0.15, 0.2) is 0 Å². The number of carboxylic acid groups (broad SMARTS) is 1. The number of ether oxygens (including phenoxy) is 1. The number of nitrogens with zero attached hydrogens (tertiary/aromatic N) is 1. The first kappa shape index (κ1) is 17.3. The number of nitrogens with one attached hydrogen (secondary N) is 1. The molecule has 0 radical (unpaired) electrons. The first-order valence-corrected chi connectivity index (χ1v) is 9.05. The van der Waals surface area contributed by atoms with Crippen molar-refractivity contribution in [2.45, 2.75) is 35.9 Å². The van der Waals surface area contributed by atoms with E-state index in [4.69, 9.17) is 0 Å². The quantitative estimate of drug-likeness (QED) is 0.782. The Morgan fingerprint density at radius 1 is 1.41 bits per heavy atom. The molecule has 2 fully saturated rings. The molecule has 2 heterocycles. The van der Waals surface area contributed by atoms with Crippen molar-refractivity contribution in [3.05, 3.63) is 0 Å². The molecule has 2 atom stereocenters. The summed E-state index contributed by atoms with van der Waals surface area (Å²) in [5, 5.41) is 11.9. The monoisotopic (exact) mass is 348 g/mol. The minimum Gasteiger partial charge on any atom is -0.480 e. The Hall–Kier alpha value is -1.09. The molecule has 22 heavy (non-hydrogen) atoms. The second-order valence-corrected chi connectivity index (χ2v) is 8.44. The highest BCUT2D eigenvalue weighted by atomic mass is 32.2. The zero-order valence-electron chi connectivity index (χ0n) is 12.5. The van der Waals surface area contributed by atoms with E-state index < -0.39 is 24.1 Å². The van der Waals surface area contributed by atoms with Crippen LogP contribution in [0.5, 0.6) is 0 Å². The van der Waals surface area contributed by atoms with Gasteiger partial charge in [-0.1, -0.05) is 6.92 Å². The normalized spacial score (nSPS) is 24.3. The van der Waals surface area contributed by atoms with Crippen LogP contribution in [0.15, 0.2) is 0 Å². The van der Waals surface area contributed by atoms with Gasteiger partial charge in [-0.05, 0) is 6.42 Å². The number of carbonyl (C=O) groups excluding carboxylic acids is 2. The van der Waals surface area contributed by atoms with Gasteiger partial charge < -0.3 is 20.1 Å². The van der Waals surface area contributed by atoms with Crippen molar-refractivity contribution < 1.29 is 24.2 Å². The maximum absolute atomic E-state index is 12.7. The fourth-order valence-electron chi connectivity index (χ4n) is 2.74. The lowest BCUT2D eigenvalue weighted by Crippen LogP contribution is -2.51. The number of hydrogen-bond donors (Lipinski definition) is 2. The van der Waals surface area contributed by atoms with Crippen LogP contribution in [0.4, 0.5) is 4.79 Å². The highest BCUT2D eigenvalue weighted by Gasteiger charge is 2.52. The molecule has 2 N–H and O–H groups in total. The molecule has 0 unspecified atom stereocenters. The third-order valence-electron chi connectivity index (χ3n) is 3.86. The lowest BCUT2D eigenvalue weighted by molar-refractivity contribution is -0.149. The molecule has 7 nitrogen and oxygen atoms in total. The zero-order valence-corrected chi connectivity index (χ0v) is 14.2. The Bertz CT molecular complexity index is 467. The molecule has 0 aliphatic carbocycles. The molecule has 9 heteroatoms. The molecule has 0 bridgehead atoms. The van der Waals surface area contributed by atoms with Crippen molar-refractivity contribution >= 4 is 41.5 Å². The van der Waals surface area contributed by atoms with Gasteiger partial charge in [-0.25, -0.2) is 9.59 Å². The average molecular weight is 348 g/mol. The summed E-state index contributed by atoms with van der Waals surface area (Å²) < 4.78 is 4.30. The van der Waals surface area contributed by atoms with Crippen LogP contribution in [0.3, 0.4) is 0 Å². The van der Waals surface area contributed by atoms with Crippen LogP contribution in [0.1, 0.15) is 19.8 Å². The summed E-state index contributed by atoms with van der Waals surface area (Å²) >= 11 is 3.45. The number of rotatable bonds is 4. The Morgan fingerprint density at radius 2 is 2.05 bits per heavy atom. The number of amides is 2. The highest BCUT2D eigenvalue weighted by Crippen LogP contribution is 2.51. The van der Waals surface area contributed by atoms with Gasteiger partial charge in [-0.15, -0.1) is 23.5 Å². The van der Waals surface area contributed by atoms with Gasteiger partial charge in [0.05, 0.1) is 11.2 Å². The van der Waals surface area contributed by atoms with Crippen molar-refractivity contribution in [3.8, 4) is 0 Å². The molecule has 2 saturated heterocycles. The number of carboxylic acids is 1. The van der Waals surface area contributed by atoms with E-state index in [9.17, 15) is 19.5 Å². The van der Waals surface area contributed by atoms with E-state index in [1.165, 1.54) is 12.0 Å². The highest BCUT2D eigenvalue weighted by molar-refractivity contribution is 8.21. The van der Waals surface area contributed by atoms with Gasteiger partial charge in [0.1, 0.15) is 12.1 Å². The molecule has 0 aromatic rings. The summed E-state index contributed by atoms with van der Waals surface area (Å²) in [6.45, 7) is 2.16.